The normalized spacial score (nSPS) is 12.4. The quantitative estimate of drug-likeness (QED) is 0.592. The molecule has 0 atom stereocenters. The van der Waals surface area contributed by atoms with Crippen molar-refractivity contribution in [3.8, 4) is 0 Å². The maximum absolute atomic E-state index is 11.7. The lowest BCUT2D eigenvalue weighted by Crippen LogP contribution is -2.37. The van der Waals surface area contributed by atoms with Crippen LogP contribution in [0.4, 0.5) is 0 Å². The van der Waals surface area contributed by atoms with Crippen molar-refractivity contribution in [3.05, 3.63) is 0 Å². The summed E-state index contributed by atoms with van der Waals surface area (Å²) in [5.74, 6) is 0.147. The second-order valence-corrected chi connectivity index (χ2v) is 7.75. The smallest absolute Gasteiger partial charge is 0.221 e. The zero-order valence-corrected chi connectivity index (χ0v) is 14.2. The Kier molecular flexibility index (Phi) is 9.00. The molecule has 0 aromatic heterocycles. The van der Waals surface area contributed by atoms with Crippen LogP contribution in [-0.2, 0) is 14.8 Å². The third-order valence-electron chi connectivity index (χ3n) is 2.73. The number of carbonyl (C=O) groups is 1. The van der Waals surface area contributed by atoms with Crippen LogP contribution in [-0.4, -0.2) is 70.1 Å². The van der Waals surface area contributed by atoms with Crippen LogP contribution < -0.4 is 5.32 Å². The van der Waals surface area contributed by atoms with Gasteiger partial charge in [-0.3, -0.25) is 4.79 Å². The van der Waals surface area contributed by atoms with E-state index in [4.69, 9.17) is 0 Å². The van der Waals surface area contributed by atoms with Crippen LogP contribution in [0.15, 0.2) is 0 Å². The minimum absolute atomic E-state index is 0.0961. The van der Waals surface area contributed by atoms with E-state index in [-0.39, 0.29) is 24.8 Å². The second kappa shape index (κ2) is 9.31. The summed E-state index contributed by atoms with van der Waals surface area (Å²) in [6.07, 6.45) is 2.28. The summed E-state index contributed by atoms with van der Waals surface area (Å²) in [5.41, 5.74) is 0. The lowest BCUT2D eigenvalue weighted by molar-refractivity contribution is -0.121. The van der Waals surface area contributed by atoms with E-state index in [9.17, 15) is 13.2 Å². The fourth-order valence-electron chi connectivity index (χ4n) is 1.74. The molecule has 6 nitrogen and oxygen atoms in total. The highest BCUT2D eigenvalue weighted by atomic mass is 32.2. The molecule has 1 N–H and O–H groups in total. The highest BCUT2D eigenvalue weighted by Gasteiger charge is 2.18. The van der Waals surface area contributed by atoms with Crippen LogP contribution in [0.1, 0.15) is 26.7 Å². The predicted octanol–water partition coefficient (Wildman–Crippen LogP) is 0.362. The predicted molar refractivity (Wildman–Crippen MR) is 82.1 cm³/mol. The van der Waals surface area contributed by atoms with Gasteiger partial charge < -0.3 is 10.2 Å². The first-order valence-electron chi connectivity index (χ1n) is 6.99. The van der Waals surface area contributed by atoms with Gasteiger partial charge in [-0.2, -0.15) is 0 Å². The van der Waals surface area contributed by atoms with E-state index in [1.807, 2.05) is 27.9 Å². The van der Waals surface area contributed by atoms with Crippen LogP contribution in [0.25, 0.3) is 0 Å². The van der Waals surface area contributed by atoms with Crippen molar-refractivity contribution in [1.82, 2.24) is 14.5 Å². The minimum atomic E-state index is -3.25. The molecule has 0 saturated heterocycles. The Morgan fingerprint density at radius 1 is 1.20 bits per heavy atom. The molecule has 0 rings (SSSR count). The molecule has 7 heteroatoms. The van der Waals surface area contributed by atoms with Gasteiger partial charge in [-0.1, -0.05) is 13.8 Å². The van der Waals surface area contributed by atoms with E-state index in [0.29, 0.717) is 13.1 Å². The van der Waals surface area contributed by atoms with Crippen molar-refractivity contribution >= 4 is 15.9 Å². The zero-order valence-electron chi connectivity index (χ0n) is 13.3. The van der Waals surface area contributed by atoms with Crippen molar-refractivity contribution in [3.63, 3.8) is 0 Å². The monoisotopic (exact) mass is 307 g/mol. The molecule has 0 aromatic carbocycles. The first-order chi connectivity index (χ1) is 9.12. The highest BCUT2D eigenvalue weighted by molar-refractivity contribution is 7.88. The molecule has 0 saturated carbocycles. The molecule has 120 valence electrons. The molecule has 0 aliphatic heterocycles. The summed E-state index contributed by atoms with van der Waals surface area (Å²) in [7, 11) is 0.722. The molecular weight excluding hydrogens is 278 g/mol. The number of carbonyl (C=O) groups excluding carboxylic acids is 1. The molecule has 0 spiro atoms. The third-order valence-corrected chi connectivity index (χ3v) is 4.00. The minimum Gasteiger partial charge on any atom is -0.356 e. The molecule has 0 heterocycles. The van der Waals surface area contributed by atoms with Crippen molar-refractivity contribution in [2.75, 3.05) is 46.5 Å². The topological polar surface area (TPSA) is 69.7 Å². The standard InChI is InChI=1S/C13H29N3O3S/c1-12(2)11-16(20(5,18)19)10-7-13(17)14-8-6-9-15(3)4/h12H,6-11H2,1-5H3,(H,14,17). The third kappa shape index (κ3) is 10.2. The molecule has 0 bridgehead atoms. The van der Waals surface area contributed by atoms with Gasteiger partial charge in [0.25, 0.3) is 0 Å². The summed E-state index contributed by atoms with van der Waals surface area (Å²) in [5, 5.41) is 2.81. The highest BCUT2D eigenvalue weighted by Crippen LogP contribution is 2.05. The summed E-state index contributed by atoms with van der Waals surface area (Å²) in [6.45, 7) is 6.16. The van der Waals surface area contributed by atoms with E-state index in [1.54, 1.807) is 0 Å². The molecule has 0 aromatic rings. The van der Waals surface area contributed by atoms with Crippen LogP contribution >= 0.6 is 0 Å². The Bertz CT molecular complexity index is 380. The number of sulfonamides is 1. The van der Waals surface area contributed by atoms with Gasteiger partial charge in [-0.05, 0) is 33.0 Å². The molecule has 0 aliphatic rings. The van der Waals surface area contributed by atoms with Crippen molar-refractivity contribution in [1.29, 1.82) is 0 Å². The molecule has 1 amide bonds. The van der Waals surface area contributed by atoms with Gasteiger partial charge in [0.15, 0.2) is 0 Å². The number of hydrogen-bond donors (Lipinski definition) is 1. The first-order valence-corrected chi connectivity index (χ1v) is 8.84. The lowest BCUT2D eigenvalue weighted by Gasteiger charge is -2.21. The Hall–Kier alpha value is -0.660. The number of nitrogens with zero attached hydrogens (tertiary/aromatic N) is 2. The Labute approximate surface area is 123 Å². The fourth-order valence-corrected chi connectivity index (χ4v) is 2.73. The molecule has 0 fully saturated rings. The molecule has 0 aliphatic carbocycles. The number of rotatable bonds is 10. The molecule has 0 unspecified atom stereocenters. The number of nitrogens with one attached hydrogen (secondary N) is 1. The van der Waals surface area contributed by atoms with Gasteiger partial charge in [0.2, 0.25) is 15.9 Å². The van der Waals surface area contributed by atoms with Crippen LogP contribution in [0.2, 0.25) is 0 Å². The fraction of sp³-hybridized carbons (Fsp3) is 0.923. The van der Waals surface area contributed by atoms with Gasteiger partial charge >= 0.3 is 0 Å². The van der Waals surface area contributed by atoms with Gasteiger partial charge in [-0.15, -0.1) is 0 Å². The van der Waals surface area contributed by atoms with Crippen molar-refractivity contribution < 1.29 is 13.2 Å². The van der Waals surface area contributed by atoms with Gasteiger partial charge in [0.05, 0.1) is 6.26 Å². The number of hydrogen-bond acceptors (Lipinski definition) is 4. The number of amides is 1. The van der Waals surface area contributed by atoms with E-state index >= 15 is 0 Å². The summed E-state index contributed by atoms with van der Waals surface area (Å²) < 4.78 is 24.6. The maximum atomic E-state index is 11.7. The summed E-state index contributed by atoms with van der Waals surface area (Å²) in [6, 6.07) is 0. The largest absolute Gasteiger partial charge is 0.356 e. The SMILES string of the molecule is CC(C)CN(CCC(=O)NCCCN(C)C)S(C)(=O)=O. The van der Waals surface area contributed by atoms with Gasteiger partial charge in [0, 0.05) is 26.1 Å². The van der Waals surface area contributed by atoms with Crippen LogP contribution in [0.5, 0.6) is 0 Å². The van der Waals surface area contributed by atoms with Crippen LogP contribution in [0.3, 0.4) is 0 Å². The average molecular weight is 307 g/mol. The van der Waals surface area contributed by atoms with E-state index in [1.165, 1.54) is 10.6 Å². The van der Waals surface area contributed by atoms with Crippen molar-refractivity contribution in [2.24, 2.45) is 5.92 Å². The zero-order chi connectivity index (χ0) is 15.8. The Morgan fingerprint density at radius 2 is 1.80 bits per heavy atom. The summed E-state index contributed by atoms with van der Waals surface area (Å²) in [4.78, 5) is 13.7. The second-order valence-electron chi connectivity index (χ2n) is 5.77. The van der Waals surface area contributed by atoms with E-state index < -0.39 is 10.0 Å². The molecule has 0 radical (unpaired) electrons. The average Bonchev–Trinajstić information content (AvgIpc) is 2.28. The Balaban J connectivity index is 4.06. The molecular formula is C13H29N3O3S. The van der Waals surface area contributed by atoms with Crippen LogP contribution in [0, 0.1) is 5.92 Å². The van der Waals surface area contributed by atoms with Gasteiger partial charge in [-0.25, -0.2) is 12.7 Å². The lowest BCUT2D eigenvalue weighted by atomic mass is 10.2. The maximum Gasteiger partial charge on any atom is 0.221 e. The van der Waals surface area contributed by atoms with E-state index in [0.717, 1.165) is 13.0 Å². The van der Waals surface area contributed by atoms with Crippen molar-refractivity contribution in [2.45, 2.75) is 26.7 Å². The first kappa shape index (κ1) is 19.3. The van der Waals surface area contributed by atoms with Gasteiger partial charge in [0.1, 0.15) is 0 Å². The summed E-state index contributed by atoms with van der Waals surface area (Å²) >= 11 is 0. The van der Waals surface area contributed by atoms with E-state index in [2.05, 4.69) is 10.2 Å². The Morgan fingerprint density at radius 3 is 2.25 bits per heavy atom. The molecule has 20 heavy (non-hydrogen) atoms.